The summed E-state index contributed by atoms with van der Waals surface area (Å²) >= 11 is 0. The fraction of sp³-hybridized carbons (Fsp3) is 0.556. The highest BCUT2D eigenvalue weighted by Gasteiger charge is 2.41. The normalized spacial score (nSPS) is 23.3. The first-order valence-electron chi connectivity index (χ1n) is 21.9. The fourth-order valence-corrected chi connectivity index (χ4v) is 10.3. The number of imide groups is 1. The summed E-state index contributed by atoms with van der Waals surface area (Å²) in [4.78, 5) is 57.8. The molecule has 10 rings (SSSR count). The maximum atomic E-state index is 16.0. The molecule has 1 unspecified atom stereocenters. The molecule has 5 fully saturated rings. The molecular weight excluding hydrogens is 748 g/mol. The molecule has 59 heavy (non-hydrogen) atoms. The van der Waals surface area contributed by atoms with Crippen LogP contribution in [0.1, 0.15) is 79.8 Å². The first kappa shape index (κ1) is 38.3. The van der Waals surface area contributed by atoms with Crippen molar-refractivity contribution in [2.24, 2.45) is 17.3 Å². The van der Waals surface area contributed by atoms with E-state index < -0.39 is 11.9 Å². The Hall–Kier alpha value is -4.95. The van der Waals surface area contributed by atoms with Gasteiger partial charge in [-0.3, -0.25) is 24.8 Å². The zero-order chi connectivity index (χ0) is 40.3. The van der Waals surface area contributed by atoms with Gasteiger partial charge >= 0.3 is 0 Å². The summed E-state index contributed by atoms with van der Waals surface area (Å²) in [5.41, 5.74) is 5.85. The number of nitrogens with zero attached hydrogens (tertiary/aromatic N) is 8. The highest BCUT2D eigenvalue weighted by atomic mass is 19.1. The second-order valence-corrected chi connectivity index (χ2v) is 18.5. The molecule has 1 atom stereocenters. The van der Waals surface area contributed by atoms with E-state index in [-0.39, 0.29) is 37.0 Å². The SMILES string of the molecule is CC1(Cc2ccc3[nH]nc(-c4cc(N5CCC(CN6CCN(CC7CCN(c8ccc9c(c8F)CN(C8CCC(=O)NC8=O)C9=O)CC7)CC6)CC5)ncn4)c3c2)CC1. The zero-order valence-electron chi connectivity index (χ0n) is 34.1. The Kier molecular flexibility index (Phi) is 10.1. The van der Waals surface area contributed by atoms with Crippen LogP contribution in [0.3, 0.4) is 0 Å². The monoisotopic (exact) mass is 802 g/mol. The number of H-pyrrole nitrogens is 1. The highest BCUT2D eigenvalue weighted by molar-refractivity contribution is 6.05. The summed E-state index contributed by atoms with van der Waals surface area (Å²) in [6.45, 7) is 12.6. The number of rotatable bonds is 10. The molecule has 4 aromatic rings. The Bertz CT molecular complexity index is 2250. The van der Waals surface area contributed by atoms with E-state index >= 15 is 4.39 Å². The molecule has 0 bridgehead atoms. The second kappa shape index (κ2) is 15.6. The second-order valence-electron chi connectivity index (χ2n) is 18.5. The predicted molar refractivity (Wildman–Crippen MR) is 223 cm³/mol. The number of nitrogens with one attached hydrogen (secondary N) is 2. The van der Waals surface area contributed by atoms with Gasteiger partial charge in [0.25, 0.3) is 5.91 Å². The number of benzene rings is 2. The van der Waals surface area contributed by atoms with Crippen molar-refractivity contribution in [2.45, 2.75) is 77.3 Å². The molecule has 5 aliphatic heterocycles. The minimum absolute atomic E-state index is 0.0526. The number of piperidine rings is 3. The molecule has 14 heteroatoms. The molecule has 6 aliphatic rings. The van der Waals surface area contributed by atoms with Crippen LogP contribution in [-0.4, -0.2) is 124 Å². The molecule has 2 N–H and O–H groups in total. The first-order valence-corrected chi connectivity index (χ1v) is 21.9. The number of hydrogen-bond acceptors (Lipinski definition) is 10. The molecule has 4 saturated heterocycles. The number of halogens is 1. The average Bonchev–Trinajstić information content (AvgIpc) is 3.66. The number of amides is 3. The summed E-state index contributed by atoms with van der Waals surface area (Å²) in [6, 6.07) is 11.5. The number of aromatic amines is 1. The Balaban J connectivity index is 0.667. The lowest BCUT2D eigenvalue weighted by molar-refractivity contribution is -0.136. The van der Waals surface area contributed by atoms with Crippen molar-refractivity contribution in [3.8, 4) is 11.4 Å². The molecule has 0 radical (unpaired) electrons. The van der Waals surface area contributed by atoms with E-state index in [0.717, 1.165) is 126 Å². The largest absolute Gasteiger partial charge is 0.369 e. The van der Waals surface area contributed by atoms with Crippen molar-refractivity contribution < 1.29 is 18.8 Å². The Morgan fingerprint density at radius 1 is 0.814 bits per heavy atom. The molecule has 0 spiro atoms. The minimum Gasteiger partial charge on any atom is -0.369 e. The Labute approximate surface area is 344 Å². The van der Waals surface area contributed by atoms with Crippen molar-refractivity contribution in [2.75, 3.05) is 75.2 Å². The van der Waals surface area contributed by atoms with Crippen molar-refractivity contribution >= 4 is 40.1 Å². The number of piperazine rings is 1. The zero-order valence-corrected chi connectivity index (χ0v) is 34.1. The molecule has 1 aliphatic carbocycles. The van der Waals surface area contributed by atoms with Crippen LogP contribution in [-0.2, 0) is 22.6 Å². The van der Waals surface area contributed by atoms with Crippen molar-refractivity contribution in [1.29, 1.82) is 0 Å². The van der Waals surface area contributed by atoms with Crippen LogP contribution in [0, 0.1) is 23.1 Å². The highest BCUT2D eigenvalue weighted by Crippen LogP contribution is 2.48. The molecule has 310 valence electrons. The van der Waals surface area contributed by atoms with Crippen LogP contribution in [0.25, 0.3) is 22.3 Å². The Morgan fingerprint density at radius 2 is 1.51 bits per heavy atom. The van der Waals surface area contributed by atoms with E-state index in [1.54, 1.807) is 18.5 Å². The van der Waals surface area contributed by atoms with E-state index in [0.29, 0.717) is 34.1 Å². The number of fused-ring (bicyclic) bond motifs is 2. The molecule has 1 saturated carbocycles. The molecule has 2 aromatic carbocycles. The van der Waals surface area contributed by atoms with Gasteiger partial charge in [-0.25, -0.2) is 14.4 Å². The van der Waals surface area contributed by atoms with E-state index in [4.69, 9.17) is 4.98 Å². The molecular formula is C45H55FN10O3. The van der Waals surface area contributed by atoms with Gasteiger partial charge in [-0.05, 0) is 98.4 Å². The van der Waals surface area contributed by atoms with Crippen LogP contribution in [0.4, 0.5) is 15.9 Å². The lowest BCUT2D eigenvalue weighted by Gasteiger charge is -2.41. The number of carbonyl (C=O) groups is 3. The van der Waals surface area contributed by atoms with E-state index in [2.05, 4.69) is 71.3 Å². The van der Waals surface area contributed by atoms with Crippen LogP contribution >= 0.6 is 0 Å². The third kappa shape index (κ3) is 7.81. The molecule has 3 amide bonds. The van der Waals surface area contributed by atoms with Crippen LogP contribution in [0.15, 0.2) is 42.7 Å². The maximum absolute atomic E-state index is 16.0. The molecule has 2 aromatic heterocycles. The summed E-state index contributed by atoms with van der Waals surface area (Å²) in [6.07, 6.45) is 10.2. The molecule has 7 heterocycles. The first-order chi connectivity index (χ1) is 28.7. The third-order valence-corrected chi connectivity index (χ3v) is 14.3. The lowest BCUT2D eigenvalue weighted by Crippen LogP contribution is -2.52. The van der Waals surface area contributed by atoms with Gasteiger partial charge in [0.05, 0.1) is 23.4 Å². The van der Waals surface area contributed by atoms with Gasteiger partial charge in [0, 0.05) is 94.4 Å². The van der Waals surface area contributed by atoms with Crippen LogP contribution in [0.2, 0.25) is 0 Å². The third-order valence-electron chi connectivity index (χ3n) is 14.3. The van der Waals surface area contributed by atoms with E-state index in [9.17, 15) is 14.4 Å². The fourth-order valence-electron chi connectivity index (χ4n) is 10.3. The molecule has 13 nitrogen and oxygen atoms in total. The predicted octanol–water partition coefficient (Wildman–Crippen LogP) is 5.01. The summed E-state index contributed by atoms with van der Waals surface area (Å²) in [5, 5.41) is 11.3. The van der Waals surface area contributed by atoms with E-state index in [1.807, 2.05) is 0 Å². The maximum Gasteiger partial charge on any atom is 0.255 e. The van der Waals surface area contributed by atoms with Crippen molar-refractivity contribution in [3.63, 3.8) is 0 Å². The topological polar surface area (TPSA) is 134 Å². The van der Waals surface area contributed by atoms with Crippen molar-refractivity contribution in [3.05, 3.63) is 65.2 Å². The summed E-state index contributed by atoms with van der Waals surface area (Å²) in [7, 11) is 0. The van der Waals surface area contributed by atoms with E-state index in [1.165, 1.54) is 23.3 Å². The van der Waals surface area contributed by atoms with Crippen LogP contribution < -0.4 is 15.1 Å². The number of carbonyl (C=O) groups excluding carboxylic acids is 3. The van der Waals surface area contributed by atoms with Gasteiger partial charge in [0.1, 0.15) is 23.9 Å². The van der Waals surface area contributed by atoms with Gasteiger partial charge in [-0.2, -0.15) is 5.10 Å². The standard InChI is InChI=1S/C45H55FN10O3/c1-45(12-13-45)24-31-2-4-35-33(22-31)42(51-50-35)36-23-39(48-28-47-36)55-16-10-30(11-17-55)26-53-20-18-52(19-21-53)25-29-8-14-54(15-9-29)37-5-3-32-34(41(37)46)27-56(44(32)59)38-6-7-40(57)49-43(38)58/h2-5,22-23,28-30,38H,6-21,24-27H2,1H3,(H,50,51)(H,49,57,58). The summed E-state index contributed by atoms with van der Waals surface area (Å²) in [5.74, 6) is 0.723. The average molecular weight is 803 g/mol. The quantitative estimate of drug-likeness (QED) is 0.211. The van der Waals surface area contributed by atoms with Gasteiger partial charge in [0.15, 0.2) is 5.82 Å². The van der Waals surface area contributed by atoms with Gasteiger partial charge in [-0.15, -0.1) is 0 Å². The summed E-state index contributed by atoms with van der Waals surface area (Å²) < 4.78 is 16.0. The Morgan fingerprint density at radius 3 is 2.19 bits per heavy atom. The minimum atomic E-state index is -0.749. The number of hydrogen-bond donors (Lipinski definition) is 2. The lowest BCUT2D eigenvalue weighted by atomic mass is 9.94. The van der Waals surface area contributed by atoms with Crippen molar-refractivity contribution in [1.82, 2.24) is 40.2 Å². The van der Waals surface area contributed by atoms with Gasteiger partial charge in [0.2, 0.25) is 11.8 Å². The van der Waals surface area contributed by atoms with Gasteiger partial charge in [-0.1, -0.05) is 13.0 Å². The number of anilines is 2. The number of aromatic nitrogens is 4. The van der Waals surface area contributed by atoms with Crippen LogP contribution in [0.5, 0.6) is 0 Å². The van der Waals surface area contributed by atoms with Gasteiger partial charge < -0.3 is 24.5 Å². The smallest absolute Gasteiger partial charge is 0.255 e.